The Morgan fingerprint density at radius 3 is 1.55 bits per heavy atom. The van der Waals surface area contributed by atoms with Gasteiger partial charge in [-0.3, -0.25) is 9.35 Å². The molecule has 8 unspecified atom stereocenters. The van der Waals surface area contributed by atoms with E-state index in [0.29, 0.717) is 12.8 Å². The van der Waals surface area contributed by atoms with Crippen molar-refractivity contribution in [2.24, 2.45) is 0 Å². The Labute approximate surface area is 352 Å². The molecule has 58 heavy (non-hydrogen) atoms. The predicted molar refractivity (Wildman–Crippen MR) is 228 cm³/mol. The summed E-state index contributed by atoms with van der Waals surface area (Å²) in [4.78, 5) is 13.1. The maximum absolute atomic E-state index is 13.1. The van der Waals surface area contributed by atoms with E-state index >= 15 is 0 Å². The molecule has 7 N–H and O–H groups in total. The molecular weight excluding hydrogens is 767 g/mol. The van der Waals surface area contributed by atoms with Gasteiger partial charge in [0, 0.05) is 0 Å². The second kappa shape index (κ2) is 35.4. The largest absolute Gasteiger partial charge is 0.397 e. The lowest BCUT2D eigenvalue weighted by Gasteiger charge is -2.41. The molecule has 1 rings (SSSR count). The third-order valence-electron chi connectivity index (χ3n) is 11.2. The van der Waals surface area contributed by atoms with Crippen LogP contribution in [0.5, 0.6) is 0 Å². The van der Waals surface area contributed by atoms with Gasteiger partial charge in [-0.05, 0) is 19.3 Å². The van der Waals surface area contributed by atoms with Crippen LogP contribution in [0.3, 0.4) is 0 Å². The molecule has 1 aliphatic rings. The molecule has 0 aromatic carbocycles. The summed E-state index contributed by atoms with van der Waals surface area (Å²) in [5, 5.41) is 55.1. The van der Waals surface area contributed by atoms with Crippen molar-refractivity contribution in [2.75, 3.05) is 13.2 Å². The number of carbonyl (C=O) groups is 1. The zero-order valence-electron chi connectivity index (χ0n) is 36.2. The van der Waals surface area contributed by atoms with E-state index in [-0.39, 0.29) is 6.42 Å². The third kappa shape index (κ3) is 27.6. The molecule has 0 bridgehead atoms. The molecular formula is C44H85NO12S. The summed E-state index contributed by atoms with van der Waals surface area (Å²) < 4.78 is 47.4. The molecule has 0 saturated carbocycles. The fourth-order valence-corrected chi connectivity index (χ4v) is 7.97. The summed E-state index contributed by atoms with van der Waals surface area (Å²) in [5.41, 5.74) is 0. The quantitative estimate of drug-likeness (QED) is 0.0180. The highest BCUT2D eigenvalue weighted by molar-refractivity contribution is 7.80. The van der Waals surface area contributed by atoms with E-state index in [4.69, 9.17) is 14.0 Å². The zero-order chi connectivity index (χ0) is 42.9. The number of hydrogen-bond acceptors (Lipinski definition) is 11. The summed E-state index contributed by atoms with van der Waals surface area (Å²) in [5.74, 6) is -0.702. The SMILES string of the molecule is CCCCCCCCCCCCCCCCCCC/C=C/C(O)C(COC1OC(CO)C(O)C(OS(=O)(=O)O)C1O)NC(=O)C(O)CCCCCCCCCCCC. The number of nitrogens with one attached hydrogen (secondary N) is 1. The first-order valence-electron chi connectivity index (χ1n) is 23.2. The summed E-state index contributed by atoms with van der Waals surface area (Å²) in [6.07, 6.45) is 25.9. The Bertz CT molecular complexity index is 1110. The van der Waals surface area contributed by atoms with E-state index in [0.717, 1.165) is 38.5 Å². The lowest BCUT2D eigenvalue weighted by atomic mass is 9.99. The minimum absolute atomic E-state index is 0.246. The van der Waals surface area contributed by atoms with Crippen LogP contribution in [0, 0.1) is 0 Å². The van der Waals surface area contributed by atoms with Crippen LogP contribution in [-0.2, 0) is 28.9 Å². The van der Waals surface area contributed by atoms with Crippen molar-refractivity contribution in [3.05, 3.63) is 12.2 Å². The fourth-order valence-electron chi connectivity index (χ4n) is 7.46. The van der Waals surface area contributed by atoms with Gasteiger partial charge in [-0.25, -0.2) is 4.18 Å². The van der Waals surface area contributed by atoms with Crippen LogP contribution < -0.4 is 5.32 Å². The van der Waals surface area contributed by atoms with E-state index < -0.39 is 78.5 Å². The lowest BCUT2D eigenvalue weighted by molar-refractivity contribution is -0.298. The molecule has 0 spiro atoms. The Kier molecular flexibility index (Phi) is 33.5. The molecule has 14 heteroatoms. The number of amides is 1. The zero-order valence-corrected chi connectivity index (χ0v) is 37.1. The van der Waals surface area contributed by atoms with Gasteiger partial charge in [0.1, 0.15) is 30.5 Å². The summed E-state index contributed by atoms with van der Waals surface area (Å²) >= 11 is 0. The Morgan fingerprint density at radius 2 is 1.12 bits per heavy atom. The van der Waals surface area contributed by atoms with Crippen LogP contribution in [0.15, 0.2) is 12.2 Å². The van der Waals surface area contributed by atoms with Gasteiger partial charge < -0.3 is 40.3 Å². The highest BCUT2D eigenvalue weighted by Crippen LogP contribution is 2.26. The molecule has 1 fully saturated rings. The molecule has 0 aromatic rings. The number of aliphatic hydroxyl groups excluding tert-OH is 5. The second-order valence-corrected chi connectivity index (χ2v) is 17.5. The highest BCUT2D eigenvalue weighted by atomic mass is 32.3. The first-order chi connectivity index (χ1) is 27.9. The van der Waals surface area contributed by atoms with Gasteiger partial charge in [-0.2, -0.15) is 8.42 Å². The van der Waals surface area contributed by atoms with Gasteiger partial charge in [0.2, 0.25) is 5.91 Å². The molecule has 1 aliphatic heterocycles. The standard InChI is InChI=1S/C44H85NO12S/c1-3-5-7-9-11-13-15-16-17-18-19-20-21-22-23-25-26-28-30-32-37(47)36(45-43(51)38(48)33-31-29-27-24-14-12-10-8-6-4-2)35-55-44-41(50)42(57-58(52,53)54)40(49)39(34-46)56-44/h30,32,36-42,44,46-50H,3-29,31,33-35H2,1-2H3,(H,45,51)(H,52,53,54)/b32-30+. The summed E-state index contributed by atoms with van der Waals surface area (Å²) in [7, 11) is -5.11. The third-order valence-corrected chi connectivity index (χ3v) is 11.6. The van der Waals surface area contributed by atoms with E-state index in [9.17, 15) is 38.7 Å². The maximum atomic E-state index is 13.1. The molecule has 0 aliphatic carbocycles. The Morgan fingerprint density at radius 1 is 0.690 bits per heavy atom. The van der Waals surface area contributed by atoms with Crippen molar-refractivity contribution in [1.29, 1.82) is 0 Å². The number of rotatable bonds is 39. The monoisotopic (exact) mass is 852 g/mol. The van der Waals surface area contributed by atoms with Gasteiger partial charge >= 0.3 is 10.4 Å². The van der Waals surface area contributed by atoms with Crippen LogP contribution in [-0.4, -0.2) is 107 Å². The van der Waals surface area contributed by atoms with Gasteiger partial charge in [0.15, 0.2) is 6.29 Å². The molecule has 0 aromatic heterocycles. The fraction of sp³-hybridized carbons (Fsp3) is 0.932. The molecule has 1 saturated heterocycles. The summed E-state index contributed by atoms with van der Waals surface area (Å²) in [6, 6.07) is -1.11. The van der Waals surface area contributed by atoms with Crippen molar-refractivity contribution >= 4 is 16.3 Å². The molecule has 13 nitrogen and oxygen atoms in total. The topological polar surface area (TPSA) is 212 Å². The van der Waals surface area contributed by atoms with Crippen LogP contribution in [0.1, 0.15) is 200 Å². The molecule has 344 valence electrons. The maximum Gasteiger partial charge on any atom is 0.397 e. The minimum Gasteiger partial charge on any atom is -0.394 e. The average molecular weight is 852 g/mol. The van der Waals surface area contributed by atoms with Gasteiger partial charge in [0.05, 0.1) is 25.4 Å². The van der Waals surface area contributed by atoms with Crippen molar-refractivity contribution < 1.29 is 57.0 Å². The van der Waals surface area contributed by atoms with Crippen LogP contribution in [0.4, 0.5) is 0 Å². The molecule has 0 radical (unpaired) electrons. The van der Waals surface area contributed by atoms with Crippen molar-refractivity contribution in [3.8, 4) is 0 Å². The first kappa shape index (κ1) is 54.8. The Balaban J connectivity index is 2.56. The van der Waals surface area contributed by atoms with E-state index in [1.165, 1.54) is 134 Å². The summed E-state index contributed by atoms with van der Waals surface area (Å²) in [6.45, 7) is 3.20. The second-order valence-electron chi connectivity index (χ2n) is 16.5. The van der Waals surface area contributed by atoms with Gasteiger partial charge in [-0.1, -0.05) is 193 Å². The number of carbonyl (C=O) groups excluding carboxylic acids is 1. The number of ether oxygens (including phenoxy) is 2. The molecule has 1 heterocycles. The number of allylic oxidation sites excluding steroid dienone is 1. The highest BCUT2D eigenvalue weighted by Gasteiger charge is 2.48. The Hall–Kier alpha value is -1.20. The number of hydrogen-bond donors (Lipinski definition) is 7. The van der Waals surface area contributed by atoms with Crippen molar-refractivity contribution in [1.82, 2.24) is 5.32 Å². The molecule has 8 atom stereocenters. The van der Waals surface area contributed by atoms with E-state index in [2.05, 4.69) is 23.3 Å². The van der Waals surface area contributed by atoms with E-state index in [1.807, 2.05) is 6.08 Å². The smallest absolute Gasteiger partial charge is 0.394 e. The van der Waals surface area contributed by atoms with Crippen molar-refractivity contribution in [3.63, 3.8) is 0 Å². The van der Waals surface area contributed by atoms with Gasteiger partial charge in [-0.15, -0.1) is 0 Å². The van der Waals surface area contributed by atoms with Crippen LogP contribution in [0.2, 0.25) is 0 Å². The van der Waals surface area contributed by atoms with Crippen LogP contribution >= 0.6 is 0 Å². The normalized spacial score (nSPS) is 21.7. The van der Waals surface area contributed by atoms with Crippen LogP contribution in [0.25, 0.3) is 0 Å². The first-order valence-corrected chi connectivity index (χ1v) is 24.5. The van der Waals surface area contributed by atoms with Crippen molar-refractivity contribution in [2.45, 2.75) is 249 Å². The van der Waals surface area contributed by atoms with Gasteiger partial charge in [0.25, 0.3) is 0 Å². The number of aliphatic hydroxyl groups is 5. The predicted octanol–water partition coefficient (Wildman–Crippen LogP) is 7.75. The van der Waals surface area contributed by atoms with E-state index in [1.54, 1.807) is 0 Å². The molecule has 1 amide bonds. The number of unbranched alkanes of at least 4 members (excludes halogenated alkanes) is 26. The minimum atomic E-state index is -5.11. The average Bonchev–Trinajstić information content (AvgIpc) is 3.19. The lowest BCUT2D eigenvalue weighted by Crippen LogP contribution is -2.61.